The van der Waals surface area contributed by atoms with Gasteiger partial charge in [0.2, 0.25) is 0 Å². The Morgan fingerprint density at radius 2 is 2.25 bits per heavy atom. The first-order chi connectivity index (χ1) is 7.37. The van der Waals surface area contributed by atoms with E-state index in [9.17, 15) is 4.79 Å². The van der Waals surface area contributed by atoms with Gasteiger partial charge >= 0.3 is 0 Å². The van der Waals surface area contributed by atoms with Gasteiger partial charge in [-0.25, -0.2) is 0 Å². The molecule has 0 saturated heterocycles. The molecule has 0 bridgehead atoms. The lowest BCUT2D eigenvalue weighted by Crippen LogP contribution is -2.38. The van der Waals surface area contributed by atoms with Crippen molar-refractivity contribution in [2.24, 2.45) is 0 Å². The maximum Gasteiger partial charge on any atom is 0.158 e. The van der Waals surface area contributed by atoms with Crippen molar-refractivity contribution in [1.29, 1.82) is 0 Å². The molecular formula is C13H18O3. The zero-order chi connectivity index (χ0) is 12.2. The molecule has 0 heterocycles. The van der Waals surface area contributed by atoms with Crippen LogP contribution in [0.2, 0.25) is 0 Å². The maximum atomic E-state index is 11.3. The van der Waals surface area contributed by atoms with E-state index in [1.165, 1.54) is 6.08 Å². The molecule has 0 aromatic rings. The largest absolute Gasteiger partial charge is 0.373 e. The van der Waals surface area contributed by atoms with Gasteiger partial charge in [0.15, 0.2) is 5.78 Å². The van der Waals surface area contributed by atoms with Crippen LogP contribution in [0, 0.1) is 12.3 Å². The van der Waals surface area contributed by atoms with E-state index >= 15 is 0 Å². The van der Waals surface area contributed by atoms with Gasteiger partial charge in [-0.05, 0) is 32.9 Å². The number of ketones is 1. The molecule has 1 unspecified atom stereocenters. The Bertz CT molecular complexity index is 330. The molecule has 0 aliphatic heterocycles. The molecule has 0 saturated carbocycles. The summed E-state index contributed by atoms with van der Waals surface area (Å²) in [6, 6.07) is 0. The van der Waals surface area contributed by atoms with Crippen molar-refractivity contribution in [2.75, 3.05) is 13.2 Å². The van der Waals surface area contributed by atoms with Crippen LogP contribution in [0.5, 0.6) is 0 Å². The lowest BCUT2D eigenvalue weighted by atomic mass is 10.0. The van der Waals surface area contributed by atoms with Crippen molar-refractivity contribution in [1.82, 2.24) is 0 Å². The van der Waals surface area contributed by atoms with E-state index in [1.54, 1.807) is 6.08 Å². The maximum absolute atomic E-state index is 11.3. The smallest absolute Gasteiger partial charge is 0.158 e. The number of hydrogen-bond donors (Lipinski definition) is 0. The van der Waals surface area contributed by atoms with Gasteiger partial charge < -0.3 is 9.47 Å². The summed E-state index contributed by atoms with van der Waals surface area (Å²) >= 11 is 0. The van der Waals surface area contributed by atoms with E-state index in [4.69, 9.17) is 15.9 Å². The van der Waals surface area contributed by atoms with Crippen LogP contribution in [0.4, 0.5) is 0 Å². The van der Waals surface area contributed by atoms with Gasteiger partial charge in [0, 0.05) is 6.42 Å². The summed E-state index contributed by atoms with van der Waals surface area (Å²) in [7, 11) is 0. The van der Waals surface area contributed by atoms with E-state index in [1.807, 2.05) is 20.8 Å². The third-order valence-corrected chi connectivity index (χ3v) is 2.24. The molecule has 1 rings (SSSR count). The average Bonchev–Trinajstić information content (AvgIpc) is 2.54. The fourth-order valence-electron chi connectivity index (χ4n) is 1.42. The van der Waals surface area contributed by atoms with Crippen molar-refractivity contribution in [2.45, 2.75) is 38.4 Å². The van der Waals surface area contributed by atoms with Crippen LogP contribution < -0.4 is 0 Å². The molecule has 0 radical (unpaired) electrons. The molecule has 1 atom stereocenters. The van der Waals surface area contributed by atoms with Crippen molar-refractivity contribution < 1.29 is 14.3 Å². The third kappa shape index (κ3) is 3.80. The minimum absolute atomic E-state index is 0.0505. The SMILES string of the molecule is C#CCOC1(COC(C)(C)C)C=CC(=O)C1. The van der Waals surface area contributed by atoms with Crippen LogP contribution in [0.3, 0.4) is 0 Å². The zero-order valence-corrected chi connectivity index (χ0v) is 10.1. The average molecular weight is 222 g/mol. The molecule has 0 aromatic carbocycles. The summed E-state index contributed by atoms with van der Waals surface area (Å²) in [5, 5.41) is 0. The van der Waals surface area contributed by atoms with Gasteiger partial charge in [-0.2, -0.15) is 0 Å². The monoisotopic (exact) mass is 222 g/mol. The van der Waals surface area contributed by atoms with E-state index in [0.29, 0.717) is 13.0 Å². The third-order valence-electron chi connectivity index (χ3n) is 2.24. The fraction of sp³-hybridized carbons (Fsp3) is 0.615. The van der Waals surface area contributed by atoms with Crippen molar-refractivity contribution in [3.05, 3.63) is 12.2 Å². The second-order valence-corrected chi connectivity index (χ2v) is 4.94. The number of hydrogen-bond acceptors (Lipinski definition) is 3. The molecular weight excluding hydrogens is 204 g/mol. The first-order valence-corrected chi connectivity index (χ1v) is 5.30. The topological polar surface area (TPSA) is 35.5 Å². The summed E-state index contributed by atoms with van der Waals surface area (Å²) in [5.74, 6) is 2.46. The van der Waals surface area contributed by atoms with Crippen molar-refractivity contribution in [3.63, 3.8) is 0 Å². The highest BCUT2D eigenvalue weighted by Crippen LogP contribution is 2.27. The standard InChI is InChI=1S/C13H18O3/c1-5-8-15-13(7-6-11(14)9-13)10-16-12(2,3)4/h1,6-7H,8-10H2,2-4H3. The van der Waals surface area contributed by atoms with E-state index in [2.05, 4.69) is 5.92 Å². The molecule has 0 spiro atoms. The van der Waals surface area contributed by atoms with Crippen molar-refractivity contribution >= 4 is 5.78 Å². The number of ether oxygens (including phenoxy) is 2. The molecule has 1 aliphatic carbocycles. The number of terminal acetylenes is 1. The zero-order valence-electron chi connectivity index (χ0n) is 10.1. The van der Waals surface area contributed by atoms with Gasteiger partial charge in [0.25, 0.3) is 0 Å². The quantitative estimate of drug-likeness (QED) is 0.679. The second kappa shape index (κ2) is 4.82. The van der Waals surface area contributed by atoms with Crippen LogP contribution in [0.25, 0.3) is 0 Å². The summed E-state index contributed by atoms with van der Waals surface area (Å²) in [6.07, 6.45) is 8.75. The first-order valence-electron chi connectivity index (χ1n) is 5.30. The Kier molecular flexibility index (Phi) is 3.90. The number of carbonyl (C=O) groups excluding carboxylic acids is 1. The molecule has 3 nitrogen and oxygen atoms in total. The Morgan fingerprint density at radius 3 is 2.69 bits per heavy atom. The van der Waals surface area contributed by atoms with Crippen molar-refractivity contribution in [3.8, 4) is 12.3 Å². The van der Waals surface area contributed by atoms with E-state index in [-0.39, 0.29) is 18.0 Å². The Balaban J connectivity index is 2.63. The summed E-state index contributed by atoms with van der Waals surface area (Å²) in [4.78, 5) is 11.3. The molecule has 0 fully saturated rings. The molecule has 3 heteroatoms. The van der Waals surface area contributed by atoms with Gasteiger partial charge in [0.1, 0.15) is 12.2 Å². The van der Waals surface area contributed by atoms with Crippen LogP contribution in [-0.4, -0.2) is 30.2 Å². The lowest BCUT2D eigenvalue weighted by Gasteiger charge is -2.30. The predicted octanol–water partition coefficient (Wildman–Crippen LogP) is 1.72. The number of allylic oxidation sites excluding steroid dienone is 1. The second-order valence-electron chi connectivity index (χ2n) is 4.94. The van der Waals surface area contributed by atoms with Gasteiger partial charge in [-0.15, -0.1) is 6.42 Å². The molecule has 0 amide bonds. The Labute approximate surface area is 96.8 Å². The Morgan fingerprint density at radius 1 is 1.56 bits per heavy atom. The minimum Gasteiger partial charge on any atom is -0.373 e. The Hall–Kier alpha value is -1.11. The van der Waals surface area contributed by atoms with Crippen LogP contribution in [0.15, 0.2) is 12.2 Å². The molecule has 0 N–H and O–H groups in total. The summed E-state index contributed by atoms with van der Waals surface area (Å²) < 4.78 is 11.2. The minimum atomic E-state index is -0.670. The van der Waals surface area contributed by atoms with Crippen LogP contribution in [0.1, 0.15) is 27.2 Å². The molecule has 16 heavy (non-hydrogen) atoms. The van der Waals surface area contributed by atoms with Gasteiger partial charge in [-0.3, -0.25) is 4.79 Å². The summed E-state index contributed by atoms with van der Waals surface area (Å²) in [5.41, 5.74) is -0.928. The highest BCUT2D eigenvalue weighted by Gasteiger charge is 2.36. The first kappa shape index (κ1) is 13.0. The number of rotatable bonds is 4. The highest BCUT2D eigenvalue weighted by atomic mass is 16.6. The van der Waals surface area contributed by atoms with Crippen LogP contribution >= 0.6 is 0 Å². The summed E-state index contributed by atoms with van der Waals surface area (Å²) in [6.45, 7) is 6.42. The van der Waals surface area contributed by atoms with Gasteiger partial charge in [-0.1, -0.05) is 5.92 Å². The fourth-order valence-corrected chi connectivity index (χ4v) is 1.42. The number of carbonyl (C=O) groups is 1. The van der Waals surface area contributed by atoms with Gasteiger partial charge in [0.05, 0.1) is 12.2 Å². The predicted molar refractivity (Wildman–Crippen MR) is 62.0 cm³/mol. The molecule has 88 valence electrons. The lowest BCUT2D eigenvalue weighted by molar-refractivity contribution is -0.126. The normalized spacial score (nSPS) is 24.8. The van der Waals surface area contributed by atoms with Crippen LogP contribution in [-0.2, 0) is 14.3 Å². The van der Waals surface area contributed by atoms with E-state index in [0.717, 1.165) is 0 Å². The van der Waals surface area contributed by atoms with E-state index < -0.39 is 5.60 Å². The molecule has 1 aliphatic rings. The molecule has 0 aromatic heterocycles. The highest BCUT2D eigenvalue weighted by molar-refractivity contribution is 5.93.